The number of nitrogens with one attached hydrogen (secondary N) is 1. The van der Waals surface area contributed by atoms with Gasteiger partial charge in [-0.15, -0.1) is 0 Å². The van der Waals surface area contributed by atoms with E-state index in [1.54, 1.807) is 19.1 Å². The molecule has 1 heterocycles. The lowest BCUT2D eigenvalue weighted by Gasteiger charge is -2.09. The molecule has 27 heavy (non-hydrogen) atoms. The SMILES string of the molecule is Cc1nn(CC(=O)NCC(=O)OCc2ccccc2)c(=O)c2ccccc12. The first kappa shape index (κ1) is 18.3. The van der Waals surface area contributed by atoms with Crippen LogP contribution in [0.5, 0.6) is 0 Å². The topological polar surface area (TPSA) is 90.3 Å². The number of ether oxygens (including phenoxy) is 1. The number of hydrogen-bond acceptors (Lipinski definition) is 5. The Kier molecular flexibility index (Phi) is 5.61. The van der Waals surface area contributed by atoms with E-state index in [1.165, 1.54) is 0 Å². The first-order valence-electron chi connectivity index (χ1n) is 8.47. The minimum absolute atomic E-state index is 0.139. The van der Waals surface area contributed by atoms with Crippen molar-refractivity contribution < 1.29 is 14.3 Å². The lowest BCUT2D eigenvalue weighted by Crippen LogP contribution is -2.37. The number of carbonyl (C=O) groups is 2. The van der Waals surface area contributed by atoms with E-state index < -0.39 is 11.9 Å². The van der Waals surface area contributed by atoms with Crippen LogP contribution in [0, 0.1) is 6.92 Å². The lowest BCUT2D eigenvalue weighted by molar-refractivity contribution is -0.145. The van der Waals surface area contributed by atoms with E-state index in [4.69, 9.17) is 4.74 Å². The van der Waals surface area contributed by atoms with Crippen molar-refractivity contribution >= 4 is 22.6 Å². The number of aryl methyl sites for hydroxylation is 1. The highest BCUT2D eigenvalue weighted by molar-refractivity contribution is 5.84. The normalized spacial score (nSPS) is 10.6. The first-order valence-corrected chi connectivity index (χ1v) is 8.47. The summed E-state index contributed by atoms with van der Waals surface area (Å²) >= 11 is 0. The maximum Gasteiger partial charge on any atom is 0.325 e. The molecule has 7 heteroatoms. The highest BCUT2D eigenvalue weighted by atomic mass is 16.5. The van der Waals surface area contributed by atoms with Crippen LogP contribution >= 0.6 is 0 Å². The third-order valence-corrected chi connectivity index (χ3v) is 4.02. The number of fused-ring (bicyclic) bond motifs is 1. The number of esters is 1. The minimum Gasteiger partial charge on any atom is -0.460 e. The molecule has 0 fully saturated rings. The van der Waals surface area contributed by atoms with Crippen LogP contribution in [0.2, 0.25) is 0 Å². The zero-order chi connectivity index (χ0) is 19.2. The summed E-state index contributed by atoms with van der Waals surface area (Å²) in [6, 6.07) is 16.3. The monoisotopic (exact) mass is 365 g/mol. The summed E-state index contributed by atoms with van der Waals surface area (Å²) in [6.07, 6.45) is 0. The molecule has 0 atom stereocenters. The van der Waals surface area contributed by atoms with Crippen molar-refractivity contribution in [3.8, 4) is 0 Å². The molecule has 1 amide bonds. The van der Waals surface area contributed by atoms with E-state index in [1.807, 2.05) is 42.5 Å². The zero-order valence-corrected chi connectivity index (χ0v) is 14.8. The molecule has 0 bridgehead atoms. The molecule has 0 saturated heterocycles. The fraction of sp³-hybridized carbons (Fsp3) is 0.200. The van der Waals surface area contributed by atoms with E-state index in [9.17, 15) is 14.4 Å². The smallest absolute Gasteiger partial charge is 0.325 e. The van der Waals surface area contributed by atoms with Gasteiger partial charge >= 0.3 is 5.97 Å². The van der Waals surface area contributed by atoms with Crippen molar-refractivity contribution in [3.05, 3.63) is 76.2 Å². The van der Waals surface area contributed by atoms with Crippen molar-refractivity contribution in [2.75, 3.05) is 6.54 Å². The van der Waals surface area contributed by atoms with Gasteiger partial charge in [0.05, 0.1) is 11.1 Å². The van der Waals surface area contributed by atoms with Crippen LogP contribution in [0.25, 0.3) is 10.8 Å². The quantitative estimate of drug-likeness (QED) is 0.670. The number of amides is 1. The summed E-state index contributed by atoms with van der Waals surface area (Å²) in [5, 5.41) is 7.87. The first-order chi connectivity index (χ1) is 13.0. The summed E-state index contributed by atoms with van der Waals surface area (Å²) < 4.78 is 6.19. The van der Waals surface area contributed by atoms with Crippen molar-refractivity contribution in [1.29, 1.82) is 0 Å². The Balaban J connectivity index is 1.56. The van der Waals surface area contributed by atoms with E-state index >= 15 is 0 Å². The van der Waals surface area contributed by atoms with Gasteiger partial charge in [-0.05, 0) is 18.6 Å². The van der Waals surface area contributed by atoms with Gasteiger partial charge in [0.15, 0.2) is 0 Å². The predicted molar refractivity (Wildman–Crippen MR) is 100.0 cm³/mol. The number of hydrogen-bond donors (Lipinski definition) is 1. The van der Waals surface area contributed by atoms with Crippen LogP contribution in [-0.2, 0) is 27.5 Å². The fourth-order valence-corrected chi connectivity index (χ4v) is 2.66. The second-order valence-electron chi connectivity index (χ2n) is 6.02. The molecule has 0 spiro atoms. The van der Waals surface area contributed by atoms with Crippen LogP contribution in [0.1, 0.15) is 11.3 Å². The maximum atomic E-state index is 12.4. The van der Waals surface area contributed by atoms with Crippen molar-refractivity contribution in [2.24, 2.45) is 0 Å². The second-order valence-corrected chi connectivity index (χ2v) is 6.02. The molecule has 0 saturated carbocycles. The standard InChI is InChI=1S/C20H19N3O4/c1-14-16-9-5-6-10-17(16)20(26)23(22-14)12-18(24)21-11-19(25)27-13-15-7-3-2-4-8-15/h2-10H,11-13H2,1H3,(H,21,24). The average molecular weight is 365 g/mol. The molecule has 138 valence electrons. The van der Waals surface area contributed by atoms with Crippen molar-refractivity contribution in [3.63, 3.8) is 0 Å². The van der Waals surface area contributed by atoms with Crippen LogP contribution in [-0.4, -0.2) is 28.2 Å². The van der Waals surface area contributed by atoms with Crippen LogP contribution < -0.4 is 10.9 Å². The Hall–Kier alpha value is -3.48. The molecule has 1 N–H and O–H groups in total. The number of benzene rings is 2. The van der Waals surface area contributed by atoms with E-state index in [2.05, 4.69) is 10.4 Å². The number of nitrogens with zero attached hydrogens (tertiary/aromatic N) is 2. The Labute approximate surface area is 155 Å². The Morgan fingerprint density at radius 2 is 1.70 bits per heavy atom. The van der Waals surface area contributed by atoms with Gasteiger partial charge in [0.2, 0.25) is 5.91 Å². The largest absolute Gasteiger partial charge is 0.460 e. The molecule has 0 aliphatic carbocycles. The molecule has 2 aromatic carbocycles. The molecule has 0 unspecified atom stereocenters. The molecule has 0 aliphatic rings. The van der Waals surface area contributed by atoms with Gasteiger partial charge in [0.25, 0.3) is 5.56 Å². The summed E-state index contributed by atoms with van der Waals surface area (Å²) in [4.78, 5) is 36.3. The van der Waals surface area contributed by atoms with Gasteiger partial charge in [-0.1, -0.05) is 48.5 Å². The second kappa shape index (κ2) is 8.27. The van der Waals surface area contributed by atoms with Gasteiger partial charge in [0.1, 0.15) is 19.7 Å². The summed E-state index contributed by atoms with van der Waals surface area (Å²) in [5.74, 6) is -1.04. The van der Waals surface area contributed by atoms with Gasteiger partial charge < -0.3 is 10.1 Å². The van der Waals surface area contributed by atoms with Crippen molar-refractivity contribution in [1.82, 2.24) is 15.1 Å². The third kappa shape index (κ3) is 4.58. The Morgan fingerprint density at radius 3 is 2.44 bits per heavy atom. The number of carbonyl (C=O) groups excluding carboxylic acids is 2. The van der Waals surface area contributed by atoms with Crippen LogP contribution in [0.4, 0.5) is 0 Å². The van der Waals surface area contributed by atoms with E-state index in [0.29, 0.717) is 11.1 Å². The Bertz CT molecular complexity index is 1030. The molecular formula is C20H19N3O4. The van der Waals surface area contributed by atoms with Crippen molar-refractivity contribution in [2.45, 2.75) is 20.1 Å². The molecule has 0 radical (unpaired) electrons. The summed E-state index contributed by atoms with van der Waals surface area (Å²) in [6.45, 7) is 1.38. The van der Waals surface area contributed by atoms with Gasteiger partial charge in [0, 0.05) is 5.39 Å². The molecule has 0 aliphatic heterocycles. The fourth-order valence-electron chi connectivity index (χ4n) is 2.66. The van der Waals surface area contributed by atoms with Crippen LogP contribution in [0.3, 0.4) is 0 Å². The molecular weight excluding hydrogens is 346 g/mol. The third-order valence-electron chi connectivity index (χ3n) is 4.02. The highest BCUT2D eigenvalue weighted by Crippen LogP contribution is 2.11. The minimum atomic E-state index is -0.554. The average Bonchev–Trinajstić information content (AvgIpc) is 2.69. The molecule has 1 aromatic heterocycles. The number of rotatable bonds is 6. The summed E-state index contributed by atoms with van der Waals surface area (Å²) in [5.41, 5.74) is 1.16. The maximum absolute atomic E-state index is 12.4. The van der Waals surface area contributed by atoms with Gasteiger partial charge in [-0.2, -0.15) is 5.10 Å². The predicted octanol–water partition coefficient (Wildman–Crippen LogP) is 1.56. The molecule has 7 nitrogen and oxygen atoms in total. The molecule has 3 aromatic rings. The zero-order valence-electron chi connectivity index (χ0n) is 14.8. The Morgan fingerprint density at radius 1 is 1.04 bits per heavy atom. The van der Waals surface area contributed by atoms with Crippen LogP contribution in [0.15, 0.2) is 59.4 Å². The highest BCUT2D eigenvalue weighted by Gasteiger charge is 2.12. The van der Waals surface area contributed by atoms with E-state index in [-0.39, 0.29) is 25.3 Å². The number of aromatic nitrogens is 2. The van der Waals surface area contributed by atoms with Gasteiger partial charge in [-0.25, -0.2) is 4.68 Å². The lowest BCUT2D eigenvalue weighted by atomic mass is 10.1. The summed E-state index contributed by atoms with van der Waals surface area (Å²) in [7, 11) is 0. The van der Waals surface area contributed by atoms with E-state index in [0.717, 1.165) is 15.6 Å². The molecule has 3 rings (SSSR count). The van der Waals surface area contributed by atoms with Gasteiger partial charge in [-0.3, -0.25) is 14.4 Å².